The van der Waals surface area contributed by atoms with Gasteiger partial charge in [0, 0.05) is 13.2 Å². The molecule has 43 heavy (non-hydrogen) atoms. The number of nitrogens with zero attached hydrogens (tertiary/aromatic N) is 1. The molecule has 1 amide bonds. The molecule has 3 aliphatic heterocycles. The van der Waals surface area contributed by atoms with Crippen LogP contribution in [-0.4, -0.2) is 82.1 Å². The summed E-state index contributed by atoms with van der Waals surface area (Å²) in [5, 5.41) is 0. The lowest BCUT2D eigenvalue weighted by atomic mass is 10.0. The second-order valence-corrected chi connectivity index (χ2v) is 13.8. The number of ether oxygens (including phenoxy) is 5. The van der Waals surface area contributed by atoms with Gasteiger partial charge in [-0.25, -0.2) is 17.9 Å². The van der Waals surface area contributed by atoms with E-state index in [0.717, 1.165) is 45.2 Å². The van der Waals surface area contributed by atoms with E-state index in [9.17, 15) is 13.2 Å². The number of unbranched alkanes of at least 4 members (excludes halogenated alkanes) is 7. The average Bonchev–Trinajstić information content (AvgIpc) is 3.44. The van der Waals surface area contributed by atoms with Crippen molar-refractivity contribution in [1.29, 1.82) is 0 Å². The molecule has 4 rings (SSSR count). The number of halogens is 1. The first-order chi connectivity index (χ1) is 20.2. The van der Waals surface area contributed by atoms with E-state index < -0.39 is 52.6 Å². The summed E-state index contributed by atoms with van der Waals surface area (Å²) in [7, 11) is -4.10. The Hall–Kier alpha value is -1.47. The number of fused-ring (bicyclic) bond motifs is 1. The molecule has 0 radical (unpaired) electrons. The number of piperidine rings is 1. The Balaban J connectivity index is 0.00000506. The van der Waals surface area contributed by atoms with Crippen LogP contribution in [0.25, 0.3) is 0 Å². The Bertz CT molecular complexity index is 1070. The van der Waals surface area contributed by atoms with Crippen LogP contribution in [0.15, 0.2) is 35.2 Å². The van der Waals surface area contributed by atoms with Crippen molar-refractivity contribution >= 4 is 28.5 Å². The minimum absolute atomic E-state index is 0. The number of nitrogens with one attached hydrogen (secondary N) is 1. The third-order valence-corrected chi connectivity index (χ3v) is 9.45. The lowest BCUT2D eigenvalue weighted by molar-refractivity contribution is -0.230. The Morgan fingerprint density at radius 2 is 1.65 bits per heavy atom. The zero-order valence-electron chi connectivity index (χ0n) is 25.9. The maximum atomic E-state index is 13.0. The van der Waals surface area contributed by atoms with Gasteiger partial charge in [0.2, 0.25) is 0 Å². The number of rotatable bonds is 16. The number of likely N-dealkylation sites (tertiary alicyclic amines) is 1. The summed E-state index contributed by atoms with van der Waals surface area (Å²) >= 11 is 0. The molecule has 12 heteroatoms. The largest absolute Gasteiger partial charge is 0.441 e. The van der Waals surface area contributed by atoms with E-state index in [2.05, 4.69) is 16.5 Å². The van der Waals surface area contributed by atoms with Gasteiger partial charge in [0.05, 0.1) is 4.90 Å². The van der Waals surface area contributed by atoms with Gasteiger partial charge in [0.1, 0.15) is 24.4 Å². The fourth-order valence-electron chi connectivity index (χ4n) is 5.98. The van der Waals surface area contributed by atoms with Crippen LogP contribution in [0.4, 0.5) is 4.79 Å². The fourth-order valence-corrected chi connectivity index (χ4v) is 6.88. The number of benzene rings is 1. The maximum absolute atomic E-state index is 13.0. The van der Waals surface area contributed by atoms with Crippen LogP contribution >= 0.6 is 12.4 Å². The zero-order chi connectivity index (χ0) is 30.0. The van der Waals surface area contributed by atoms with Gasteiger partial charge in [-0.1, -0.05) is 76.5 Å². The number of amides is 1. The summed E-state index contributed by atoms with van der Waals surface area (Å²) in [5.41, 5.74) is 0. The molecular formula is C31H51ClN2O8S. The first kappa shape index (κ1) is 36.0. The lowest BCUT2D eigenvalue weighted by Gasteiger charge is -2.35. The van der Waals surface area contributed by atoms with Gasteiger partial charge in [-0.3, -0.25) is 4.90 Å². The van der Waals surface area contributed by atoms with Crippen molar-refractivity contribution in [2.45, 2.75) is 133 Å². The molecule has 0 spiro atoms. The Labute approximate surface area is 263 Å². The maximum Gasteiger partial charge on any atom is 0.421 e. The number of carbonyl (C=O) groups is 1. The van der Waals surface area contributed by atoms with E-state index >= 15 is 0 Å². The molecule has 1 aromatic rings. The van der Waals surface area contributed by atoms with Crippen molar-refractivity contribution < 1.29 is 36.9 Å². The first-order valence-corrected chi connectivity index (χ1v) is 17.3. The molecule has 1 N–H and O–H groups in total. The van der Waals surface area contributed by atoms with Gasteiger partial charge in [-0.2, -0.15) is 0 Å². The molecule has 3 fully saturated rings. The molecule has 5 atom stereocenters. The Morgan fingerprint density at radius 3 is 2.33 bits per heavy atom. The second-order valence-electron chi connectivity index (χ2n) is 12.1. The molecule has 246 valence electrons. The summed E-state index contributed by atoms with van der Waals surface area (Å²) < 4.78 is 58.5. The van der Waals surface area contributed by atoms with Crippen LogP contribution < -0.4 is 4.72 Å². The molecule has 10 nitrogen and oxygen atoms in total. The average molecular weight is 647 g/mol. The highest BCUT2D eigenvalue weighted by Crippen LogP contribution is 2.40. The number of sulfonamides is 1. The second kappa shape index (κ2) is 17.3. The normalized spacial score (nSPS) is 25.9. The SMILES string of the molecule is CCCCCCCCCCO[C@@H]1[C@H]2OC(C)(C)O[C@H]2O[C@@H]1C(CN1CCCCC1)OC(=O)NS(=O)(=O)c1ccccc1.Cl. The smallest absolute Gasteiger partial charge is 0.421 e. The van der Waals surface area contributed by atoms with Gasteiger partial charge in [0.15, 0.2) is 12.1 Å². The van der Waals surface area contributed by atoms with E-state index in [1.165, 1.54) is 50.7 Å². The number of carbonyl (C=O) groups excluding carboxylic acids is 1. The highest BCUT2D eigenvalue weighted by Gasteiger charge is 2.58. The van der Waals surface area contributed by atoms with Gasteiger partial charge in [0.25, 0.3) is 10.0 Å². The van der Waals surface area contributed by atoms with Gasteiger partial charge in [-0.15, -0.1) is 12.4 Å². The van der Waals surface area contributed by atoms with Gasteiger partial charge < -0.3 is 23.7 Å². The van der Waals surface area contributed by atoms with E-state index in [1.54, 1.807) is 18.2 Å². The van der Waals surface area contributed by atoms with E-state index in [0.29, 0.717) is 13.2 Å². The molecule has 0 aliphatic carbocycles. The zero-order valence-corrected chi connectivity index (χ0v) is 27.5. The monoisotopic (exact) mass is 646 g/mol. The van der Waals surface area contributed by atoms with Crippen LogP contribution in [0.2, 0.25) is 0 Å². The molecule has 0 bridgehead atoms. The predicted octanol–water partition coefficient (Wildman–Crippen LogP) is 5.78. The summed E-state index contributed by atoms with van der Waals surface area (Å²) in [6.07, 6.45) is 8.55. The fraction of sp³-hybridized carbons (Fsp3) is 0.774. The van der Waals surface area contributed by atoms with E-state index in [1.807, 2.05) is 13.8 Å². The van der Waals surface area contributed by atoms with Crippen LogP contribution in [0.5, 0.6) is 0 Å². The van der Waals surface area contributed by atoms with Crippen molar-refractivity contribution in [2.24, 2.45) is 0 Å². The third-order valence-electron chi connectivity index (χ3n) is 8.12. The molecular weight excluding hydrogens is 596 g/mol. The van der Waals surface area contributed by atoms with E-state index in [-0.39, 0.29) is 17.3 Å². The van der Waals surface area contributed by atoms with Crippen LogP contribution in [0.3, 0.4) is 0 Å². The van der Waals surface area contributed by atoms with Crippen LogP contribution in [0.1, 0.15) is 91.4 Å². The molecule has 3 aliphatic rings. The number of hydrogen-bond acceptors (Lipinski definition) is 9. The highest BCUT2D eigenvalue weighted by molar-refractivity contribution is 7.90. The summed E-state index contributed by atoms with van der Waals surface area (Å²) in [5.74, 6) is -0.829. The molecule has 3 heterocycles. The predicted molar refractivity (Wildman–Crippen MR) is 166 cm³/mol. The van der Waals surface area contributed by atoms with Crippen molar-refractivity contribution in [3.63, 3.8) is 0 Å². The van der Waals surface area contributed by atoms with Gasteiger partial charge >= 0.3 is 6.09 Å². The molecule has 0 aromatic heterocycles. The van der Waals surface area contributed by atoms with Gasteiger partial charge in [-0.05, 0) is 58.3 Å². The molecule has 0 saturated carbocycles. The minimum atomic E-state index is -4.10. The quantitative estimate of drug-likeness (QED) is 0.223. The first-order valence-electron chi connectivity index (χ1n) is 15.8. The summed E-state index contributed by atoms with van der Waals surface area (Å²) in [4.78, 5) is 15.2. The van der Waals surface area contributed by atoms with Crippen LogP contribution in [-0.2, 0) is 33.7 Å². The lowest BCUT2D eigenvalue weighted by Crippen LogP contribution is -2.51. The Kier molecular flexibility index (Phi) is 14.5. The molecule has 1 aromatic carbocycles. The topological polar surface area (TPSA) is 113 Å². The van der Waals surface area contributed by atoms with E-state index in [4.69, 9.17) is 23.7 Å². The molecule has 3 saturated heterocycles. The summed E-state index contributed by atoms with van der Waals surface area (Å²) in [6, 6.07) is 7.75. The Morgan fingerprint density at radius 1 is 1.00 bits per heavy atom. The summed E-state index contributed by atoms with van der Waals surface area (Å²) in [6.45, 7) is 8.55. The number of hydrogen-bond donors (Lipinski definition) is 1. The highest BCUT2D eigenvalue weighted by atomic mass is 35.5. The standard InChI is InChI=1S/C31H50N2O8S.ClH/c1-4-5-6-7-8-9-10-17-22-37-27-26(39-29-28(27)40-31(2,3)41-29)25(23-33-20-15-12-16-21-33)38-30(34)32-42(35,36)24-18-13-11-14-19-24;/h11,13-14,18-19,25-29H,4-10,12,15-17,20-23H2,1-3H3,(H,32,34);1H/t25?,26-,27+,28-,29-;/m1./s1. The van der Waals surface area contributed by atoms with Crippen molar-refractivity contribution in [2.75, 3.05) is 26.2 Å². The van der Waals surface area contributed by atoms with Crippen molar-refractivity contribution in [3.05, 3.63) is 30.3 Å². The molecule has 1 unspecified atom stereocenters. The third kappa shape index (κ3) is 10.8. The van der Waals surface area contributed by atoms with Crippen LogP contribution in [0, 0.1) is 0 Å². The minimum Gasteiger partial charge on any atom is -0.441 e. The van der Waals surface area contributed by atoms with Crippen molar-refractivity contribution in [1.82, 2.24) is 9.62 Å². The van der Waals surface area contributed by atoms with Crippen molar-refractivity contribution in [3.8, 4) is 0 Å².